The van der Waals surface area contributed by atoms with Crippen LogP contribution in [0.4, 0.5) is 4.39 Å². The first-order chi connectivity index (χ1) is 16.5. The van der Waals surface area contributed by atoms with Gasteiger partial charge in [-0.3, -0.25) is 19.8 Å². The normalized spacial score (nSPS) is 17.8. The fraction of sp³-hybridized carbons (Fsp3) is 0.615. The Morgan fingerprint density at radius 3 is 2.31 bits per heavy atom. The molecule has 0 saturated carbocycles. The second-order valence-corrected chi connectivity index (χ2v) is 10.2. The van der Waals surface area contributed by atoms with Gasteiger partial charge >= 0.3 is 5.97 Å². The first-order valence-corrected chi connectivity index (χ1v) is 12.5. The molecule has 1 atom stereocenters. The van der Waals surface area contributed by atoms with Gasteiger partial charge in [-0.1, -0.05) is 13.0 Å². The summed E-state index contributed by atoms with van der Waals surface area (Å²) in [6.07, 6.45) is 3.92. The van der Waals surface area contributed by atoms with Crippen LogP contribution in [0.1, 0.15) is 75.2 Å². The first kappa shape index (κ1) is 26.6. The molecule has 3 N–H and O–H groups in total. The minimum Gasteiger partial charge on any atom is -0.481 e. The number of nitrogens with one attached hydrogen (secondary N) is 2. The van der Waals surface area contributed by atoms with Crippen molar-refractivity contribution in [2.24, 2.45) is 11.8 Å². The van der Waals surface area contributed by atoms with Crippen LogP contribution in [-0.4, -0.2) is 70.2 Å². The van der Waals surface area contributed by atoms with E-state index in [0.29, 0.717) is 37.9 Å². The topological polar surface area (TPSA) is 114 Å². The lowest BCUT2D eigenvalue weighted by Gasteiger charge is -2.39. The highest BCUT2D eigenvalue weighted by atomic mass is 19.1. The zero-order chi connectivity index (χ0) is 25.8. The van der Waals surface area contributed by atoms with Gasteiger partial charge in [-0.25, -0.2) is 4.39 Å². The van der Waals surface area contributed by atoms with Crippen LogP contribution in [0, 0.1) is 23.1 Å². The number of halogens is 1. The van der Waals surface area contributed by atoms with Crippen LogP contribution < -0.4 is 5.32 Å². The zero-order valence-corrected chi connectivity index (χ0v) is 20.9. The Morgan fingerprint density at radius 1 is 1.14 bits per heavy atom. The lowest BCUT2D eigenvalue weighted by Crippen LogP contribution is -2.55. The number of piperidine rings is 1. The van der Waals surface area contributed by atoms with Gasteiger partial charge in [0.15, 0.2) is 0 Å². The summed E-state index contributed by atoms with van der Waals surface area (Å²) in [5, 5.41) is 20.2. The standard InChI is InChI=1S/C26H37FN4O4/c1-4-20(25(35)31-13-9-17(10-14-31)15-22(32)33)26(2,3)29-24(34)19-8-7-18(16-21(19)27)23(28)30-11-5-6-12-30/h7-8,16-17,20,28H,4-6,9-15H2,1-3H3,(H,29,34)(H,32,33). The molecule has 2 aliphatic rings. The molecule has 2 fully saturated rings. The maximum atomic E-state index is 14.9. The monoisotopic (exact) mass is 488 g/mol. The second-order valence-electron chi connectivity index (χ2n) is 10.2. The molecule has 3 rings (SSSR count). The smallest absolute Gasteiger partial charge is 0.303 e. The van der Waals surface area contributed by atoms with Crippen LogP contribution in [-0.2, 0) is 9.59 Å². The molecule has 1 unspecified atom stereocenters. The highest BCUT2D eigenvalue weighted by Gasteiger charge is 2.39. The van der Waals surface area contributed by atoms with E-state index in [4.69, 9.17) is 10.5 Å². The number of benzene rings is 1. The summed E-state index contributed by atoms with van der Waals surface area (Å²) in [5.74, 6) is -2.37. The van der Waals surface area contributed by atoms with E-state index in [0.717, 1.165) is 25.9 Å². The molecule has 0 radical (unpaired) electrons. The van der Waals surface area contributed by atoms with Crippen LogP contribution in [0.5, 0.6) is 0 Å². The van der Waals surface area contributed by atoms with Crippen LogP contribution in [0.3, 0.4) is 0 Å². The molecule has 0 bridgehead atoms. The molecule has 1 aromatic carbocycles. The molecule has 2 heterocycles. The lowest BCUT2D eigenvalue weighted by atomic mass is 9.82. The van der Waals surface area contributed by atoms with E-state index >= 15 is 0 Å². The molecular weight excluding hydrogens is 451 g/mol. The molecule has 35 heavy (non-hydrogen) atoms. The second kappa shape index (κ2) is 11.2. The van der Waals surface area contributed by atoms with Crippen molar-refractivity contribution in [2.75, 3.05) is 26.2 Å². The Hall–Kier alpha value is -2.97. The first-order valence-electron chi connectivity index (χ1n) is 12.5. The number of carboxylic acid groups (broad SMARTS) is 1. The van der Waals surface area contributed by atoms with Gasteiger partial charge < -0.3 is 20.2 Å². The Balaban J connectivity index is 1.65. The number of nitrogens with zero attached hydrogens (tertiary/aromatic N) is 2. The van der Waals surface area contributed by atoms with Gasteiger partial charge in [-0.05, 0) is 64.0 Å². The van der Waals surface area contributed by atoms with Crippen molar-refractivity contribution < 1.29 is 23.9 Å². The number of rotatable bonds is 8. The molecule has 2 amide bonds. The van der Waals surface area contributed by atoms with Gasteiger partial charge in [0, 0.05) is 43.7 Å². The Kier molecular flexibility index (Phi) is 8.51. The Labute approximate surface area is 206 Å². The van der Waals surface area contributed by atoms with Crippen LogP contribution in [0.2, 0.25) is 0 Å². The van der Waals surface area contributed by atoms with E-state index in [1.807, 2.05) is 11.8 Å². The van der Waals surface area contributed by atoms with E-state index in [1.165, 1.54) is 12.1 Å². The summed E-state index contributed by atoms with van der Waals surface area (Å²) in [7, 11) is 0. The number of aliphatic carboxylic acids is 1. The van der Waals surface area contributed by atoms with Gasteiger partial charge in [-0.2, -0.15) is 0 Å². The minimum absolute atomic E-state index is 0.0715. The summed E-state index contributed by atoms with van der Waals surface area (Å²) >= 11 is 0. The Bertz CT molecular complexity index is 966. The molecule has 2 aliphatic heterocycles. The van der Waals surface area contributed by atoms with E-state index in [1.54, 1.807) is 24.8 Å². The van der Waals surface area contributed by atoms with Crippen LogP contribution in [0.15, 0.2) is 18.2 Å². The molecule has 0 spiro atoms. The SMILES string of the molecule is CCC(C(=O)N1CCC(CC(=O)O)CC1)C(C)(C)NC(=O)c1ccc(C(=N)N2CCCC2)cc1F. The molecule has 192 valence electrons. The van der Waals surface area contributed by atoms with Gasteiger partial charge in [0.1, 0.15) is 11.7 Å². The molecule has 9 heteroatoms. The average Bonchev–Trinajstić information content (AvgIpc) is 3.33. The predicted molar refractivity (Wildman–Crippen MR) is 131 cm³/mol. The van der Waals surface area contributed by atoms with E-state index < -0.39 is 29.2 Å². The number of amides is 2. The maximum absolute atomic E-state index is 14.9. The van der Waals surface area contributed by atoms with Gasteiger partial charge in [0.2, 0.25) is 5.91 Å². The number of amidine groups is 1. The molecule has 1 aromatic rings. The molecule has 0 aliphatic carbocycles. The van der Waals surface area contributed by atoms with E-state index in [2.05, 4.69) is 5.32 Å². The lowest BCUT2D eigenvalue weighted by molar-refractivity contribution is -0.140. The van der Waals surface area contributed by atoms with E-state index in [-0.39, 0.29) is 29.6 Å². The fourth-order valence-corrected chi connectivity index (χ4v) is 5.24. The third kappa shape index (κ3) is 6.38. The molecule has 2 saturated heterocycles. The third-order valence-electron chi connectivity index (χ3n) is 7.31. The molecular formula is C26H37FN4O4. The Morgan fingerprint density at radius 2 is 1.77 bits per heavy atom. The third-order valence-corrected chi connectivity index (χ3v) is 7.31. The highest BCUT2D eigenvalue weighted by Crippen LogP contribution is 2.28. The quantitative estimate of drug-likeness (QED) is 0.383. The summed E-state index contributed by atoms with van der Waals surface area (Å²) < 4.78 is 14.9. The number of hydrogen-bond donors (Lipinski definition) is 3. The number of hydrogen-bond acceptors (Lipinski definition) is 4. The molecule has 0 aromatic heterocycles. The van der Waals surface area contributed by atoms with Crippen molar-refractivity contribution in [3.8, 4) is 0 Å². The number of carbonyl (C=O) groups excluding carboxylic acids is 2. The van der Waals surface area contributed by atoms with Crippen molar-refractivity contribution in [3.63, 3.8) is 0 Å². The summed E-state index contributed by atoms with van der Waals surface area (Å²) in [5.41, 5.74) is -0.602. The van der Waals surface area contributed by atoms with Gasteiger partial charge in [0.25, 0.3) is 5.91 Å². The zero-order valence-electron chi connectivity index (χ0n) is 20.9. The molecule has 8 nitrogen and oxygen atoms in total. The van der Waals surface area contributed by atoms with E-state index in [9.17, 15) is 18.8 Å². The minimum atomic E-state index is -0.922. The largest absolute Gasteiger partial charge is 0.481 e. The summed E-state index contributed by atoms with van der Waals surface area (Å²) in [6.45, 7) is 7.97. The highest BCUT2D eigenvalue weighted by molar-refractivity contribution is 5.99. The number of likely N-dealkylation sites (tertiary alicyclic amines) is 2. The average molecular weight is 489 g/mol. The predicted octanol–water partition coefficient (Wildman–Crippen LogP) is 3.49. The number of carboxylic acids is 1. The van der Waals surface area contributed by atoms with Gasteiger partial charge in [-0.15, -0.1) is 0 Å². The maximum Gasteiger partial charge on any atom is 0.303 e. The van der Waals surface area contributed by atoms with Crippen molar-refractivity contribution in [1.82, 2.24) is 15.1 Å². The fourth-order valence-electron chi connectivity index (χ4n) is 5.24. The van der Waals surface area contributed by atoms with Crippen molar-refractivity contribution in [1.29, 1.82) is 5.41 Å². The summed E-state index contributed by atoms with van der Waals surface area (Å²) in [4.78, 5) is 40.9. The van der Waals surface area contributed by atoms with Crippen LogP contribution in [0.25, 0.3) is 0 Å². The number of carbonyl (C=O) groups is 3. The van der Waals surface area contributed by atoms with Gasteiger partial charge in [0.05, 0.1) is 11.5 Å². The van der Waals surface area contributed by atoms with Crippen molar-refractivity contribution >= 4 is 23.6 Å². The summed E-state index contributed by atoms with van der Waals surface area (Å²) in [6, 6.07) is 4.22. The van der Waals surface area contributed by atoms with Crippen LogP contribution >= 0.6 is 0 Å². The van der Waals surface area contributed by atoms with Crippen molar-refractivity contribution in [3.05, 3.63) is 35.1 Å². The van der Waals surface area contributed by atoms with Crippen molar-refractivity contribution in [2.45, 2.75) is 64.8 Å².